The second-order valence-corrected chi connectivity index (χ2v) is 6.93. The zero-order valence-electron chi connectivity index (χ0n) is 14.9. The Kier molecular flexibility index (Phi) is 4.47. The number of benzene rings is 1. The van der Waals surface area contributed by atoms with Gasteiger partial charge in [-0.25, -0.2) is 4.79 Å². The summed E-state index contributed by atoms with van der Waals surface area (Å²) in [7, 11) is 0. The first-order valence-electron chi connectivity index (χ1n) is 8.83. The summed E-state index contributed by atoms with van der Waals surface area (Å²) in [4.78, 5) is 20.4. The van der Waals surface area contributed by atoms with E-state index in [1.54, 1.807) is 18.6 Å². The molecule has 2 aromatic rings. The van der Waals surface area contributed by atoms with Crippen LogP contribution in [0.1, 0.15) is 30.7 Å². The van der Waals surface area contributed by atoms with Gasteiger partial charge in [-0.3, -0.25) is 9.97 Å². The van der Waals surface area contributed by atoms with Gasteiger partial charge >= 0.3 is 6.09 Å². The van der Waals surface area contributed by atoms with Gasteiger partial charge in [-0.1, -0.05) is 55.2 Å². The maximum Gasteiger partial charge on any atom is 0.408 e. The highest BCUT2D eigenvalue weighted by Crippen LogP contribution is 2.42. The Morgan fingerprint density at radius 1 is 1.22 bits per heavy atom. The van der Waals surface area contributed by atoms with Crippen LogP contribution in [0.4, 0.5) is 4.79 Å². The fourth-order valence-electron chi connectivity index (χ4n) is 3.51. The van der Waals surface area contributed by atoms with Gasteiger partial charge in [-0.2, -0.15) is 0 Å². The Bertz CT molecular complexity index is 957. The highest BCUT2D eigenvalue weighted by atomic mass is 16.6. The topological polar surface area (TPSA) is 64.1 Å². The summed E-state index contributed by atoms with van der Waals surface area (Å²) in [6.07, 6.45) is 10.7. The summed E-state index contributed by atoms with van der Waals surface area (Å²) >= 11 is 0. The fourth-order valence-corrected chi connectivity index (χ4v) is 3.51. The van der Waals surface area contributed by atoms with E-state index in [1.165, 1.54) is 0 Å². The normalized spacial score (nSPS) is 26.4. The molecule has 1 amide bonds. The maximum atomic E-state index is 12.0. The molecule has 2 aliphatic rings. The second kappa shape index (κ2) is 7.08. The average molecular weight is 357 g/mol. The number of alkyl carbamates (subject to hydrolysis) is 1. The summed E-state index contributed by atoms with van der Waals surface area (Å²) in [5.74, 6) is 6.46. The van der Waals surface area contributed by atoms with E-state index in [4.69, 9.17) is 4.74 Å². The van der Waals surface area contributed by atoms with Crippen molar-refractivity contribution < 1.29 is 9.53 Å². The molecule has 1 saturated heterocycles. The number of amides is 1. The molecule has 1 unspecified atom stereocenters. The van der Waals surface area contributed by atoms with Crippen molar-refractivity contribution in [1.29, 1.82) is 0 Å². The standard InChI is InChI=1S/C22H19N3O2/c1-22(20-19(27-21(26)25-20)18-15-23-12-13-24-18)11-5-8-17(14-22)10-9-16-6-3-2-4-7-16/h2-8,11-13,15,19-20H,14H2,1H3,(H,25,26)/t19-,20-,22?/m0/s1. The molecule has 1 N–H and O–H groups in total. The number of cyclic esters (lactones) is 1. The summed E-state index contributed by atoms with van der Waals surface area (Å²) in [6, 6.07) is 9.64. The molecule has 0 spiro atoms. The van der Waals surface area contributed by atoms with Crippen molar-refractivity contribution in [2.45, 2.75) is 25.5 Å². The molecule has 3 atom stereocenters. The SMILES string of the molecule is CC1([C@H]2NC(=O)O[C@H]2c2cnccn2)C=CC=C(C#Cc2ccccc2)C1. The van der Waals surface area contributed by atoms with Crippen molar-refractivity contribution in [1.82, 2.24) is 15.3 Å². The van der Waals surface area contributed by atoms with E-state index in [1.807, 2.05) is 42.5 Å². The van der Waals surface area contributed by atoms with Crippen molar-refractivity contribution in [2.75, 3.05) is 0 Å². The van der Waals surface area contributed by atoms with Crippen molar-refractivity contribution in [3.8, 4) is 11.8 Å². The lowest BCUT2D eigenvalue weighted by molar-refractivity contribution is 0.110. The molecular weight excluding hydrogens is 338 g/mol. The van der Waals surface area contributed by atoms with E-state index in [-0.39, 0.29) is 11.5 Å². The Labute approximate surface area is 158 Å². The van der Waals surface area contributed by atoms with Crippen LogP contribution < -0.4 is 5.32 Å². The highest BCUT2D eigenvalue weighted by molar-refractivity contribution is 5.71. The number of ether oxygens (including phenoxy) is 1. The van der Waals surface area contributed by atoms with Crippen molar-refractivity contribution in [3.63, 3.8) is 0 Å². The van der Waals surface area contributed by atoms with Gasteiger partial charge < -0.3 is 10.1 Å². The molecule has 1 aromatic heterocycles. The smallest absolute Gasteiger partial charge is 0.408 e. The molecular formula is C22H19N3O2. The average Bonchev–Trinajstić information content (AvgIpc) is 3.11. The number of carbonyl (C=O) groups is 1. The van der Waals surface area contributed by atoms with Crippen LogP contribution >= 0.6 is 0 Å². The Hall–Kier alpha value is -3.39. The monoisotopic (exact) mass is 357 g/mol. The fraction of sp³-hybridized carbons (Fsp3) is 0.227. The molecule has 1 aromatic carbocycles. The number of hydrogen-bond acceptors (Lipinski definition) is 4. The van der Waals surface area contributed by atoms with Gasteiger partial charge in [0.1, 0.15) is 5.69 Å². The molecule has 1 fully saturated rings. The van der Waals surface area contributed by atoms with E-state index in [9.17, 15) is 4.79 Å². The minimum atomic E-state index is -0.484. The third-order valence-electron chi connectivity index (χ3n) is 4.88. The Balaban J connectivity index is 1.58. The summed E-state index contributed by atoms with van der Waals surface area (Å²) in [6.45, 7) is 2.10. The first-order chi connectivity index (χ1) is 13.1. The Morgan fingerprint density at radius 2 is 2.07 bits per heavy atom. The van der Waals surface area contributed by atoms with Gasteiger partial charge in [-0.05, 0) is 18.6 Å². The van der Waals surface area contributed by atoms with Crippen LogP contribution in [0.5, 0.6) is 0 Å². The molecule has 4 rings (SSSR count). The molecule has 134 valence electrons. The van der Waals surface area contributed by atoms with Gasteiger partial charge in [-0.15, -0.1) is 0 Å². The van der Waals surface area contributed by atoms with Gasteiger partial charge in [0.15, 0.2) is 6.10 Å². The van der Waals surface area contributed by atoms with Crippen molar-refractivity contribution >= 4 is 6.09 Å². The largest absolute Gasteiger partial charge is 0.437 e. The molecule has 1 aliphatic carbocycles. The molecule has 1 aliphatic heterocycles. The molecule has 2 heterocycles. The summed E-state index contributed by atoms with van der Waals surface area (Å²) in [5.41, 5.74) is 2.29. The number of hydrogen-bond donors (Lipinski definition) is 1. The van der Waals surface area contributed by atoms with Crippen LogP contribution in [0, 0.1) is 17.3 Å². The van der Waals surface area contributed by atoms with Crippen molar-refractivity contribution in [3.05, 3.63) is 84.0 Å². The third kappa shape index (κ3) is 3.61. The predicted octanol–water partition coefficient (Wildman–Crippen LogP) is 3.57. The highest BCUT2D eigenvalue weighted by Gasteiger charge is 2.47. The van der Waals surface area contributed by atoms with Crippen LogP contribution in [-0.4, -0.2) is 22.1 Å². The van der Waals surface area contributed by atoms with Crippen LogP contribution in [-0.2, 0) is 4.74 Å². The maximum absolute atomic E-state index is 12.0. The zero-order valence-corrected chi connectivity index (χ0v) is 14.9. The predicted molar refractivity (Wildman–Crippen MR) is 101 cm³/mol. The number of nitrogens with one attached hydrogen (secondary N) is 1. The molecule has 5 heteroatoms. The minimum Gasteiger partial charge on any atom is -0.437 e. The van der Waals surface area contributed by atoms with Gasteiger partial charge in [0.25, 0.3) is 0 Å². The van der Waals surface area contributed by atoms with E-state index in [0.717, 1.165) is 11.1 Å². The second-order valence-electron chi connectivity index (χ2n) is 6.93. The number of nitrogens with zero attached hydrogens (tertiary/aromatic N) is 2. The quantitative estimate of drug-likeness (QED) is 0.835. The number of rotatable bonds is 2. The molecule has 0 bridgehead atoms. The summed E-state index contributed by atoms with van der Waals surface area (Å²) in [5, 5.41) is 2.95. The van der Waals surface area contributed by atoms with Crippen LogP contribution in [0.2, 0.25) is 0 Å². The summed E-state index contributed by atoms with van der Waals surface area (Å²) < 4.78 is 5.50. The lowest BCUT2D eigenvalue weighted by atomic mass is 9.72. The molecule has 0 radical (unpaired) electrons. The number of aromatic nitrogens is 2. The van der Waals surface area contributed by atoms with E-state index in [0.29, 0.717) is 12.1 Å². The van der Waals surface area contributed by atoms with E-state index >= 15 is 0 Å². The molecule has 0 saturated carbocycles. The zero-order chi connectivity index (χ0) is 18.7. The Morgan fingerprint density at radius 3 is 2.85 bits per heavy atom. The lowest BCUT2D eigenvalue weighted by Gasteiger charge is -2.35. The molecule has 5 nitrogen and oxygen atoms in total. The van der Waals surface area contributed by atoms with Gasteiger partial charge in [0.05, 0.1) is 12.2 Å². The van der Waals surface area contributed by atoms with Gasteiger partial charge in [0.2, 0.25) is 0 Å². The number of carbonyl (C=O) groups excluding carboxylic acids is 1. The van der Waals surface area contributed by atoms with Gasteiger partial charge in [0, 0.05) is 28.9 Å². The van der Waals surface area contributed by atoms with E-state index in [2.05, 4.69) is 40.1 Å². The number of allylic oxidation sites excluding steroid dienone is 3. The first kappa shape index (κ1) is 17.0. The first-order valence-corrected chi connectivity index (χ1v) is 8.83. The van der Waals surface area contributed by atoms with Crippen LogP contribution in [0.3, 0.4) is 0 Å². The lowest BCUT2D eigenvalue weighted by Crippen LogP contribution is -2.43. The van der Waals surface area contributed by atoms with Crippen molar-refractivity contribution in [2.24, 2.45) is 5.41 Å². The van der Waals surface area contributed by atoms with E-state index < -0.39 is 12.2 Å². The van der Waals surface area contributed by atoms with Crippen LogP contribution in [0.15, 0.2) is 72.7 Å². The van der Waals surface area contributed by atoms with Crippen LogP contribution in [0.25, 0.3) is 0 Å². The molecule has 27 heavy (non-hydrogen) atoms. The third-order valence-corrected chi connectivity index (χ3v) is 4.88. The minimum absolute atomic E-state index is 0.250.